The zero-order chi connectivity index (χ0) is 16.2. The highest BCUT2D eigenvalue weighted by Crippen LogP contribution is 2.30. The summed E-state index contributed by atoms with van der Waals surface area (Å²) in [5, 5.41) is 3.66. The SMILES string of the molecule is Cc1nccn1CCCCNC(=O)N1CCc2ccc(Cl)cc21. The number of hydrogen-bond donors (Lipinski definition) is 1. The van der Waals surface area contributed by atoms with Crippen LogP contribution in [0.2, 0.25) is 5.02 Å². The first-order chi connectivity index (χ1) is 11.1. The van der Waals surface area contributed by atoms with Crippen molar-refractivity contribution >= 4 is 23.3 Å². The van der Waals surface area contributed by atoms with Gasteiger partial charge in [0.25, 0.3) is 0 Å². The van der Waals surface area contributed by atoms with E-state index in [1.54, 1.807) is 4.90 Å². The number of fused-ring (bicyclic) bond motifs is 1. The number of nitrogens with zero attached hydrogens (tertiary/aromatic N) is 3. The van der Waals surface area contributed by atoms with Crippen LogP contribution in [0.15, 0.2) is 30.6 Å². The lowest BCUT2D eigenvalue weighted by Gasteiger charge is -2.18. The van der Waals surface area contributed by atoms with Crippen molar-refractivity contribution in [2.45, 2.75) is 32.7 Å². The summed E-state index contributed by atoms with van der Waals surface area (Å²) in [4.78, 5) is 18.3. The molecule has 0 fully saturated rings. The predicted molar refractivity (Wildman–Crippen MR) is 92.1 cm³/mol. The van der Waals surface area contributed by atoms with Gasteiger partial charge in [-0.25, -0.2) is 9.78 Å². The zero-order valence-electron chi connectivity index (χ0n) is 13.3. The number of amides is 2. The number of anilines is 1. The topological polar surface area (TPSA) is 50.2 Å². The van der Waals surface area contributed by atoms with Gasteiger partial charge < -0.3 is 9.88 Å². The Balaban J connectivity index is 1.44. The average Bonchev–Trinajstić information content (AvgIpc) is 3.13. The van der Waals surface area contributed by atoms with E-state index in [0.29, 0.717) is 11.6 Å². The lowest BCUT2D eigenvalue weighted by molar-refractivity contribution is 0.246. The van der Waals surface area contributed by atoms with Gasteiger partial charge in [0.15, 0.2) is 0 Å². The van der Waals surface area contributed by atoms with Gasteiger partial charge in [-0.1, -0.05) is 17.7 Å². The van der Waals surface area contributed by atoms with Gasteiger partial charge in [-0.15, -0.1) is 0 Å². The number of hydrogen-bond acceptors (Lipinski definition) is 2. The number of rotatable bonds is 5. The Kier molecular flexibility index (Phi) is 4.86. The fraction of sp³-hybridized carbons (Fsp3) is 0.412. The number of halogens is 1. The van der Waals surface area contributed by atoms with Crippen LogP contribution in [0, 0.1) is 6.92 Å². The van der Waals surface area contributed by atoms with Crippen molar-refractivity contribution in [3.8, 4) is 0 Å². The van der Waals surface area contributed by atoms with Crippen LogP contribution in [0.5, 0.6) is 0 Å². The minimum atomic E-state index is -0.0372. The van der Waals surface area contributed by atoms with Crippen LogP contribution in [0.4, 0.5) is 10.5 Å². The highest BCUT2D eigenvalue weighted by Gasteiger charge is 2.24. The fourth-order valence-corrected chi connectivity index (χ4v) is 3.07. The summed E-state index contributed by atoms with van der Waals surface area (Å²) in [6.45, 7) is 4.33. The Morgan fingerprint density at radius 3 is 3.04 bits per heavy atom. The van der Waals surface area contributed by atoms with Crippen molar-refractivity contribution in [2.24, 2.45) is 0 Å². The van der Waals surface area contributed by atoms with Crippen molar-refractivity contribution in [3.63, 3.8) is 0 Å². The molecule has 1 aliphatic heterocycles. The van der Waals surface area contributed by atoms with E-state index in [9.17, 15) is 4.79 Å². The van der Waals surface area contributed by atoms with Crippen LogP contribution in [0.1, 0.15) is 24.2 Å². The molecule has 0 saturated heterocycles. The molecule has 0 saturated carbocycles. The van der Waals surface area contributed by atoms with E-state index in [2.05, 4.69) is 14.9 Å². The molecule has 5 nitrogen and oxygen atoms in total. The van der Waals surface area contributed by atoms with Crippen molar-refractivity contribution in [2.75, 3.05) is 18.0 Å². The Labute approximate surface area is 141 Å². The smallest absolute Gasteiger partial charge is 0.321 e. The minimum absolute atomic E-state index is 0.0372. The summed E-state index contributed by atoms with van der Waals surface area (Å²) in [7, 11) is 0. The summed E-state index contributed by atoms with van der Waals surface area (Å²) in [6, 6.07) is 5.70. The second-order valence-corrected chi connectivity index (χ2v) is 6.22. The van der Waals surface area contributed by atoms with Crippen LogP contribution in [-0.4, -0.2) is 28.7 Å². The molecule has 1 aliphatic rings. The molecule has 0 unspecified atom stereocenters. The van der Waals surface area contributed by atoms with Crippen LogP contribution < -0.4 is 10.2 Å². The number of urea groups is 1. The van der Waals surface area contributed by atoms with Crippen molar-refractivity contribution in [3.05, 3.63) is 47.0 Å². The molecule has 0 aliphatic carbocycles. The molecule has 0 bridgehead atoms. The molecule has 0 atom stereocenters. The Bertz CT molecular complexity index is 698. The first-order valence-corrected chi connectivity index (χ1v) is 8.34. The summed E-state index contributed by atoms with van der Waals surface area (Å²) >= 11 is 6.03. The molecular weight excluding hydrogens is 312 g/mol. The molecule has 2 amide bonds. The minimum Gasteiger partial charge on any atom is -0.338 e. The summed E-state index contributed by atoms with van der Waals surface area (Å²) in [6.07, 6.45) is 6.64. The van der Waals surface area contributed by atoms with E-state index in [1.807, 2.05) is 37.5 Å². The molecule has 1 aromatic carbocycles. The molecular formula is C17H21ClN4O. The maximum atomic E-state index is 12.3. The van der Waals surface area contributed by atoms with Gasteiger partial charge >= 0.3 is 6.03 Å². The lowest BCUT2D eigenvalue weighted by Crippen LogP contribution is -2.39. The maximum Gasteiger partial charge on any atom is 0.321 e. The molecule has 2 aromatic rings. The highest BCUT2D eigenvalue weighted by molar-refractivity contribution is 6.31. The van der Waals surface area contributed by atoms with E-state index >= 15 is 0 Å². The maximum absolute atomic E-state index is 12.3. The molecule has 2 heterocycles. The number of unbranched alkanes of at least 4 members (excludes halogenated alkanes) is 1. The van der Waals surface area contributed by atoms with Gasteiger partial charge in [0.2, 0.25) is 0 Å². The zero-order valence-corrected chi connectivity index (χ0v) is 14.0. The van der Waals surface area contributed by atoms with Gasteiger partial charge in [0, 0.05) is 37.1 Å². The van der Waals surface area contributed by atoms with Crippen LogP contribution >= 0.6 is 11.6 Å². The van der Waals surface area contributed by atoms with Gasteiger partial charge in [0.05, 0.1) is 5.69 Å². The van der Waals surface area contributed by atoms with E-state index in [0.717, 1.165) is 43.9 Å². The molecule has 0 radical (unpaired) electrons. The largest absolute Gasteiger partial charge is 0.338 e. The number of carbonyl (C=O) groups is 1. The lowest BCUT2D eigenvalue weighted by atomic mass is 10.2. The summed E-state index contributed by atoms with van der Waals surface area (Å²) in [5.74, 6) is 1.03. The Morgan fingerprint density at radius 1 is 1.39 bits per heavy atom. The molecule has 1 N–H and O–H groups in total. The first-order valence-electron chi connectivity index (χ1n) is 7.96. The Hall–Kier alpha value is -2.01. The average molecular weight is 333 g/mol. The van der Waals surface area contributed by atoms with E-state index < -0.39 is 0 Å². The number of imidazole rings is 1. The third-order valence-electron chi connectivity index (χ3n) is 4.21. The number of carbonyl (C=O) groups excluding carboxylic acids is 1. The van der Waals surface area contributed by atoms with Crippen LogP contribution in [0.3, 0.4) is 0 Å². The van der Waals surface area contributed by atoms with E-state index in [1.165, 1.54) is 5.56 Å². The van der Waals surface area contributed by atoms with Gasteiger partial charge in [-0.05, 0) is 43.9 Å². The quantitative estimate of drug-likeness (QED) is 0.853. The van der Waals surface area contributed by atoms with Gasteiger partial charge in [-0.2, -0.15) is 0 Å². The third kappa shape index (κ3) is 3.67. The molecule has 122 valence electrons. The highest BCUT2D eigenvalue weighted by atomic mass is 35.5. The normalized spacial score (nSPS) is 13.2. The predicted octanol–water partition coefficient (Wildman–Crippen LogP) is 3.40. The number of aromatic nitrogens is 2. The van der Waals surface area contributed by atoms with Gasteiger partial charge in [-0.3, -0.25) is 4.90 Å². The molecule has 6 heteroatoms. The second kappa shape index (κ2) is 7.04. The van der Waals surface area contributed by atoms with Crippen LogP contribution in [-0.2, 0) is 13.0 Å². The number of benzene rings is 1. The van der Waals surface area contributed by atoms with Crippen molar-refractivity contribution in [1.29, 1.82) is 0 Å². The Morgan fingerprint density at radius 2 is 2.26 bits per heavy atom. The number of nitrogens with one attached hydrogen (secondary N) is 1. The molecule has 0 spiro atoms. The van der Waals surface area contributed by atoms with Crippen molar-refractivity contribution in [1.82, 2.24) is 14.9 Å². The van der Waals surface area contributed by atoms with Gasteiger partial charge in [0.1, 0.15) is 5.82 Å². The first kappa shape index (κ1) is 15.9. The summed E-state index contributed by atoms with van der Waals surface area (Å²) < 4.78 is 2.13. The molecule has 23 heavy (non-hydrogen) atoms. The monoisotopic (exact) mass is 332 g/mol. The van der Waals surface area contributed by atoms with E-state index in [-0.39, 0.29) is 6.03 Å². The van der Waals surface area contributed by atoms with E-state index in [4.69, 9.17) is 11.6 Å². The van der Waals surface area contributed by atoms with Crippen molar-refractivity contribution < 1.29 is 4.79 Å². The third-order valence-corrected chi connectivity index (χ3v) is 4.45. The van der Waals surface area contributed by atoms with Crippen LogP contribution in [0.25, 0.3) is 0 Å². The second-order valence-electron chi connectivity index (χ2n) is 5.78. The molecule has 1 aromatic heterocycles. The molecule has 3 rings (SSSR count). The number of aryl methyl sites for hydroxylation is 2. The fourth-order valence-electron chi connectivity index (χ4n) is 2.90. The summed E-state index contributed by atoms with van der Waals surface area (Å²) in [5.41, 5.74) is 2.11. The standard InChI is InChI=1S/C17H21ClN4O/c1-13-19-8-11-21(13)9-3-2-7-20-17(23)22-10-6-14-4-5-15(18)12-16(14)22/h4-5,8,11-12H,2-3,6-7,9-10H2,1H3,(H,20,23).